The molecule has 0 fully saturated rings. The van der Waals surface area contributed by atoms with E-state index in [1.54, 1.807) is 18.4 Å². The summed E-state index contributed by atoms with van der Waals surface area (Å²) in [5.74, 6) is 1.71. The first kappa shape index (κ1) is 16.8. The zero-order valence-electron chi connectivity index (χ0n) is 14.2. The van der Waals surface area contributed by atoms with Crippen molar-refractivity contribution in [2.75, 3.05) is 39.7 Å². The zero-order chi connectivity index (χ0) is 16.9. The molecule has 0 atom stereocenters. The highest BCUT2D eigenvalue weighted by Gasteiger charge is 2.15. The van der Waals surface area contributed by atoms with Gasteiger partial charge in [-0.25, -0.2) is 9.97 Å². The maximum atomic E-state index is 5.16. The molecule has 0 amide bonds. The van der Waals surface area contributed by atoms with E-state index < -0.39 is 0 Å². The first-order valence-corrected chi connectivity index (χ1v) is 8.78. The van der Waals surface area contributed by atoms with Crippen LogP contribution in [0, 0.1) is 0 Å². The van der Waals surface area contributed by atoms with E-state index in [0.29, 0.717) is 19.7 Å². The number of nitrogens with one attached hydrogen (secondary N) is 1. The minimum atomic E-state index is 0.638. The van der Waals surface area contributed by atoms with Gasteiger partial charge in [0.15, 0.2) is 0 Å². The van der Waals surface area contributed by atoms with E-state index >= 15 is 0 Å². The second-order valence-corrected chi connectivity index (χ2v) is 6.70. The third kappa shape index (κ3) is 3.72. The summed E-state index contributed by atoms with van der Waals surface area (Å²) in [5, 5.41) is 6.66. The van der Waals surface area contributed by atoms with Crippen LogP contribution in [0.2, 0.25) is 0 Å². The van der Waals surface area contributed by atoms with Gasteiger partial charge in [0, 0.05) is 24.6 Å². The fraction of sp³-hybridized carbons (Fsp3) is 0.333. The molecule has 126 valence electrons. The Kier molecular flexibility index (Phi) is 5.40. The Labute approximate surface area is 146 Å². The van der Waals surface area contributed by atoms with Gasteiger partial charge in [-0.2, -0.15) is 0 Å². The number of anilines is 1. The summed E-state index contributed by atoms with van der Waals surface area (Å²) in [4.78, 5) is 12.6. The molecule has 3 aromatic rings. The van der Waals surface area contributed by atoms with Crippen LogP contribution in [0.5, 0.6) is 0 Å². The van der Waals surface area contributed by atoms with E-state index in [1.807, 2.05) is 20.2 Å². The largest absolute Gasteiger partial charge is 0.383 e. The molecule has 0 saturated heterocycles. The van der Waals surface area contributed by atoms with E-state index in [2.05, 4.69) is 39.9 Å². The highest BCUT2D eigenvalue weighted by atomic mass is 32.1. The van der Waals surface area contributed by atoms with Crippen molar-refractivity contribution in [3.05, 3.63) is 41.5 Å². The SMILES string of the molecule is COCCNc1nc(CN(C)C)nc2scc(-c3ccccc3)c12. The van der Waals surface area contributed by atoms with E-state index in [-0.39, 0.29) is 0 Å². The second kappa shape index (κ2) is 7.70. The van der Waals surface area contributed by atoms with Crippen molar-refractivity contribution < 1.29 is 4.74 Å². The van der Waals surface area contributed by atoms with Gasteiger partial charge in [-0.05, 0) is 19.7 Å². The topological polar surface area (TPSA) is 50.3 Å². The van der Waals surface area contributed by atoms with Crippen molar-refractivity contribution in [1.82, 2.24) is 14.9 Å². The Morgan fingerprint density at radius 2 is 1.96 bits per heavy atom. The molecule has 2 aromatic heterocycles. The van der Waals surface area contributed by atoms with E-state index in [1.165, 1.54) is 11.1 Å². The zero-order valence-corrected chi connectivity index (χ0v) is 15.1. The number of hydrogen-bond donors (Lipinski definition) is 1. The first-order valence-electron chi connectivity index (χ1n) is 7.90. The lowest BCUT2D eigenvalue weighted by atomic mass is 10.1. The number of benzene rings is 1. The molecular weight excluding hydrogens is 320 g/mol. The predicted molar refractivity (Wildman–Crippen MR) is 101 cm³/mol. The average molecular weight is 342 g/mol. The molecule has 0 saturated carbocycles. The number of ether oxygens (including phenoxy) is 1. The van der Waals surface area contributed by atoms with Gasteiger partial charge < -0.3 is 15.0 Å². The molecule has 0 aliphatic heterocycles. The summed E-state index contributed by atoms with van der Waals surface area (Å²) in [5.41, 5.74) is 2.36. The van der Waals surface area contributed by atoms with Gasteiger partial charge in [-0.15, -0.1) is 11.3 Å². The predicted octanol–water partition coefficient (Wildman–Crippen LogP) is 3.48. The Bertz CT molecular complexity index is 801. The summed E-state index contributed by atoms with van der Waals surface area (Å²) in [7, 11) is 5.75. The standard InChI is InChI=1S/C18H22N4OS/c1-22(2)11-15-20-17(19-9-10-23-3)16-14(12-24-18(16)21-15)13-7-5-4-6-8-13/h4-8,12H,9-11H2,1-3H3,(H,19,20,21). The summed E-state index contributed by atoms with van der Waals surface area (Å²) >= 11 is 1.66. The van der Waals surface area contributed by atoms with Crippen LogP contribution in [-0.4, -0.2) is 49.2 Å². The Morgan fingerprint density at radius 1 is 1.17 bits per heavy atom. The molecule has 1 N–H and O–H groups in total. The second-order valence-electron chi connectivity index (χ2n) is 5.84. The molecule has 0 radical (unpaired) electrons. The molecule has 6 heteroatoms. The number of rotatable bonds is 7. The highest BCUT2D eigenvalue weighted by Crippen LogP contribution is 2.36. The Hall–Kier alpha value is -2.02. The third-order valence-corrected chi connectivity index (χ3v) is 4.49. The van der Waals surface area contributed by atoms with Crippen LogP contribution < -0.4 is 5.32 Å². The van der Waals surface area contributed by atoms with Gasteiger partial charge in [-0.3, -0.25) is 0 Å². The van der Waals surface area contributed by atoms with Crippen LogP contribution >= 0.6 is 11.3 Å². The van der Waals surface area contributed by atoms with E-state index in [4.69, 9.17) is 14.7 Å². The number of thiophene rings is 1. The fourth-order valence-electron chi connectivity index (χ4n) is 2.57. The molecule has 0 spiro atoms. The molecule has 0 aliphatic rings. The lowest BCUT2D eigenvalue weighted by molar-refractivity contribution is 0.210. The molecule has 3 rings (SSSR count). The van der Waals surface area contributed by atoms with Crippen molar-refractivity contribution in [3.8, 4) is 11.1 Å². The van der Waals surface area contributed by atoms with E-state index in [9.17, 15) is 0 Å². The van der Waals surface area contributed by atoms with Crippen LogP contribution in [0.1, 0.15) is 5.82 Å². The number of hydrogen-bond acceptors (Lipinski definition) is 6. The highest BCUT2D eigenvalue weighted by molar-refractivity contribution is 7.17. The third-order valence-electron chi connectivity index (χ3n) is 3.62. The summed E-state index contributed by atoms with van der Waals surface area (Å²) in [6, 6.07) is 10.4. The van der Waals surface area contributed by atoms with Crippen molar-refractivity contribution in [3.63, 3.8) is 0 Å². The van der Waals surface area contributed by atoms with Crippen molar-refractivity contribution >= 4 is 27.4 Å². The van der Waals surface area contributed by atoms with Crippen LogP contribution in [-0.2, 0) is 11.3 Å². The van der Waals surface area contributed by atoms with Crippen LogP contribution in [0.3, 0.4) is 0 Å². The molecule has 5 nitrogen and oxygen atoms in total. The molecule has 0 aliphatic carbocycles. The molecule has 0 unspecified atom stereocenters. The van der Waals surface area contributed by atoms with Gasteiger partial charge in [0.1, 0.15) is 16.5 Å². The lowest BCUT2D eigenvalue weighted by Crippen LogP contribution is -2.15. The van der Waals surface area contributed by atoms with Gasteiger partial charge in [0.2, 0.25) is 0 Å². The van der Waals surface area contributed by atoms with Gasteiger partial charge in [0.25, 0.3) is 0 Å². The minimum absolute atomic E-state index is 0.638. The van der Waals surface area contributed by atoms with Gasteiger partial charge >= 0.3 is 0 Å². The maximum Gasteiger partial charge on any atom is 0.146 e. The van der Waals surface area contributed by atoms with Gasteiger partial charge in [-0.1, -0.05) is 30.3 Å². The van der Waals surface area contributed by atoms with Gasteiger partial charge in [0.05, 0.1) is 18.5 Å². The number of nitrogens with zero attached hydrogens (tertiary/aromatic N) is 3. The van der Waals surface area contributed by atoms with Crippen molar-refractivity contribution in [1.29, 1.82) is 0 Å². The number of fused-ring (bicyclic) bond motifs is 1. The summed E-state index contributed by atoms with van der Waals surface area (Å²) < 4.78 is 5.16. The Balaban J connectivity index is 2.08. The smallest absolute Gasteiger partial charge is 0.146 e. The summed E-state index contributed by atoms with van der Waals surface area (Å²) in [6.45, 7) is 2.07. The quantitative estimate of drug-likeness (QED) is 0.666. The first-order chi connectivity index (χ1) is 11.7. The molecule has 2 heterocycles. The fourth-order valence-corrected chi connectivity index (χ4v) is 3.54. The average Bonchev–Trinajstić information content (AvgIpc) is 2.99. The molecule has 1 aromatic carbocycles. The maximum absolute atomic E-state index is 5.16. The van der Waals surface area contributed by atoms with Crippen LogP contribution in [0.25, 0.3) is 21.3 Å². The van der Waals surface area contributed by atoms with Crippen LogP contribution in [0.15, 0.2) is 35.7 Å². The minimum Gasteiger partial charge on any atom is -0.383 e. The Morgan fingerprint density at radius 3 is 2.67 bits per heavy atom. The van der Waals surface area contributed by atoms with Crippen molar-refractivity contribution in [2.45, 2.75) is 6.54 Å². The monoisotopic (exact) mass is 342 g/mol. The lowest BCUT2D eigenvalue weighted by Gasteiger charge is -2.12. The normalized spacial score (nSPS) is 11.3. The van der Waals surface area contributed by atoms with Crippen molar-refractivity contribution in [2.24, 2.45) is 0 Å². The molecular formula is C18H22N4OS. The summed E-state index contributed by atoms with van der Waals surface area (Å²) in [6.07, 6.45) is 0. The molecule has 24 heavy (non-hydrogen) atoms. The number of methoxy groups -OCH3 is 1. The molecule has 0 bridgehead atoms. The number of aromatic nitrogens is 2. The van der Waals surface area contributed by atoms with Crippen LogP contribution in [0.4, 0.5) is 5.82 Å². The van der Waals surface area contributed by atoms with E-state index in [0.717, 1.165) is 21.9 Å².